The summed E-state index contributed by atoms with van der Waals surface area (Å²) in [5, 5.41) is 2.37. The maximum atomic E-state index is 11.4. The fourth-order valence-electron chi connectivity index (χ4n) is 1.03. The van der Waals surface area contributed by atoms with E-state index >= 15 is 0 Å². The van der Waals surface area contributed by atoms with Crippen LogP contribution < -0.4 is 5.32 Å². The van der Waals surface area contributed by atoms with Crippen LogP contribution in [0.1, 0.15) is 19.8 Å². The Kier molecular flexibility index (Phi) is 4.13. The second-order valence-corrected chi connectivity index (χ2v) is 3.83. The zero-order valence-corrected chi connectivity index (χ0v) is 9.46. The summed E-state index contributed by atoms with van der Waals surface area (Å²) >= 11 is 3.30. The van der Waals surface area contributed by atoms with Gasteiger partial charge in [-0.15, -0.1) is 0 Å². The number of hydrogen-bond donors (Lipinski definition) is 1. The van der Waals surface area contributed by atoms with Crippen LogP contribution in [0, 0.1) is 5.92 Å². The summed E-state index contributed by atoms with van der Waals surface area (Å²) in [6, 6.07) is 0. The molecule has 0 aliphatic heterocycles. The Labute approximate surface area is 90.8 Å². The van der Waals surface area contributed by atoms with Crippen LogP contribution in [0.2, 0.25) is 0 Å². The highest BCUT2D eigenvalue weighted by Gasteiger charge is 2.29. The SMILES string of the molecule is CCOC(=O)/C(NC=O)=C(/Br)C1CC1. The van der Waals surface area contributed by atoms with Crippen LogP contribution in [0.5, 0.6) is 0 Å². The number of carbonyl (C=O) groups is 2. The standard InChI is InChI=1S/C9H12BrNO3/c1-2-14-9(13)8(11-5-12)7(10)6-3-4-6/h5-6H,2-4H2,1H3,(H,11,12)/b8-7-. The molecule has 0 radical (unpaired) electrons. The quantitative estimate of drug-likeness (QED) is 0.461. The van der Waals surface area contributed by atoms with Crippen molar-refractivity contribution in [3.63, 3.8) is 0 Å². The second-order valence-electron chi connectivity index (χ2n) is 2.98. The summed E-state index contributed by atoms with van der Waals surface area (Å²) in [5.41, 5.74) is 0.226. The first-order valence-electron chi connectivity index (χ1n) is 4.47. The van der Waals surface area contributed by atoms with Crippen molar-refractivity contribution in [3.05, 3.63) is 10.2 Å². The van der Waals surface area contributed by atoms with E-state index in [0.29, 0.717) is 18.9 Å². The van der Waals surface area contributed by atoms with Gasteiger partial charge >= 0.3 is 5.97 Å². The molecule has 0 unspecified atom stereocenters. The van der Waals surface area contributed by atoms with Gasteiger partial charge in [-0.1, -0.05) is 15.9 Å². The molecule has 0 heterocycles. The molecule has 1 aliphatic carbocycles. The molecule has 1 saturated carbocycles. The molecule has 78 valence electrons. The molecule has 1 amide bonds. The molecular formula is C9H12BrNO3. The molecule has 1 fully saturated rings. The molecule has 14 heavy (non-hydrogen) atoms. The Morgan fingerprint density at radius 3 is 2.71 bits per heavy atom. The fraction of sp³-hybridized carbons (Fsp3) is 0.556. The zero-order valence-electron chi connectivity index (χ0n) is 7.88. The highest BCUT2D eigenvalue weighted by atomic mass is 79.9. The summed E-state index contributed by atoms with van der Waals surface area (Å²) in [6.07, 6.45) is 2.57. The lowest BCUT2D eigenvalue weighted by molar-refractivity contribution is -0.139. The molecule has 0 saturated heterocycles. The molecule has 1 aliphatic rings. The van der Waals surface area contributed by atoms with Gasteiger partial charge in [-0.05, 0) is 25.7 Å². The van der Waals surface area contributed by atoms with Gasteiger partial charge in [0.25, 0.3) is 0 Å². The van der Waals surface area contributed by atoms with E-state index in [2.05, 4.69) is 21.2 Å². The minimum Gasteiger partial charge on any atom is -0.461 e. The lowest BCUT2D eigenvalue weighted by Crippen LogP contribution is -2.22. The maximum Gasteiger partial charge on any atom is 0.355 e. The number of esters is 1. The van der Waals surface area contributed by atoms with Gasteiger partial charge in [0, 0.05) is 4.48 Å². The van der Waals surface area contributed by atoms with Crippen molar-refractivity contribution in [3.8, 4) is 0 Å². The molecular weight excluding hydrogens is 250 g/mol. The number of rotatable bonds is 5. The van der Waals surface area contributed by atoms with Gasteiger partial charge in [-0.2, -0.15) is 0 Å². The van der Waals surface area contributed by atoms with Gasteiger partial charge in [0.05, 0.1) is 6.61 Å². The normalized spacial score (nSPS) is 17.0. The molecule has 4 nitrogen and oxygen atoms in total. The van der Waals surface area contributed by atoms with Crippen molar-refractivity contribution in [2.24, 2.45) is 5.92 Å². The van der Waals surface area contributed by atoms with E-state index < -0.39 is 5.97 Å². The molecule has 1 rings (SSSR count). The van der Waals surface area contributed by atoms with Crippen LogP contribution in [0.15, 0.2) is 10.2 Å². The molecule has 5 heteroatoms. The Morgan fingerprint density at radius 1 is 1.64 bits per heavy atom. The van der Waals surface area contributed by atoms with E-state index in [0.717, 1.165) is 17.3 Å². The second kappa shape index (κ2) is 5.14. The number of nitrogens with one attached hydrogen (secondary N) is 1. The molecule has 1 N–H and O–H groups in total. The first-order valence-corrected chi connectivity index (χ1v) is 5.27. The third kappa shape index (κ3) is 2.83. The van der Waals surface area contributed by atoms with Crippen LogP contribution in [-0.2, 0) is 14.3 Å². The number of allylic oxidation sites excluding steroid dienone is 1. The highest BCUT2D eigenvalue weighted by molar-refractivity contribution is 9.11. The largest absolute Gasteiger partial charge is 0.461 e. The number of hydrogen-bond acceptors (Lipinski definition) is 3. The Morgan fingerprint density at radius 2 is 2.29 bits per heavy atom. The van der Waals surface area contributed by atoms with E-state index in [1.165, 1.54) is 0 Å². The Bertz CT molecular complexity index is 271. The first kappa shape index (κ1) is 11.2. The van der Waals surface area contributed by atoms with E-state index in [1.54, 1.807) is 6.92 Å². The van der Waals surface area contributed by atoms with Crippen molar-refractivity contribution in [1.82, 2.24) is 5.32 Å². The highest BCUT2D eigenvalue weighted by Crippen LogP contribution is 2.40. The van der Waals surface area contributed by atoms with Gasteiger partial charge in [-0.3, -0.25) is 4.79 Å². The molecule has 0 aromatic heterocycles. The molecule has 0 atom stereocenters. The van der Waals surface area contributed by atoms with Gasteiger partial charge in [0.15, 0.2) is 0 Å². The minimum absolute atomic E-state index is 0.226. The molecule has 0 aromatic rings. The number of ether oxygens (including phenoxy) is 1. The third-order valence-electron chi connectivity index (χ3n) is 1.86. The Balaban J connectivity index is 2.75. The topological polar surface area (TPSA) is 55.4 Å². The smallest absolute Gasteiger partial charge is 0.355 e. The number of halogens is 1. The van der Waals surface area contributed by atoms with Crippen LogP contribution in [0.4, 0.5) is 0 Å². The average molecular weight is 262 g/mol. The summed E-state index contributed by atoms with van der Waals surface area (Å²) in [6.45, 7) is 2.02. The van der Waals surface area contributed by atoms with E-state index in [1.807, 2.05) is 0 Å². The van der Waals surface area contributed by atoms with E-state index in [-0.39, 0.29) is 5.70 Å². The van der Waals surface area contributed by atoms with Gasteiger partial charge in [0.2, 0.25) is 6.41 Å². The average Bonchev–Trinajstić information content (AvgIpc) is 2.96. The lowest BCUT2D eigenvalue weighted by Gasteiger charge is -2.07. The lowest BCUT2D eigenvalue weighted by atomic mass is 10.3. The van der Waals surface area contributed by atoms with Crippen LogP contribution in [0.3, 0.4) is 0 Å². The van der Waals surface area contributed by atoms with Crippen molar-refractivity contribution in [2.75, 3.05) is 6.61 Å². The molecule has 0 bridgehead atoms. The van der Waals surface area contributed by atoms with Crippen molar-refractivity contribution >= 4 is 28.3 Å². The molecule has 0 aromatic carbocycles. The number of carbonyl (C=O) groups excluding carboxylic acids is 2. The number of amides is 1. The fourth-order valence-corrected chi connectivity index (χ4v) is 1.76. The van der Waals surface area contributed by atoms with Crippen LogP contribution >= 0.6 is 15.9 Å². The molecule has 0 spiro atoms. The summed E-state index contributed by atoms with van der Waals surface area (Å²) in [7, 11) is 0. The predicted octanol–water partition coefficient (Wildman–Crippen LogP) is 1.31. The van der Waals surface area contributed by atoms with Crippen molar-refractivity contribution in [2.45, 2.75) is 19.8 Å². The van der Waals surface area contributed by atoms with Gasteiger partial charge in [-0.25, -0.2) is 4.79 Å². The third-order valence-corrected chi connectivity index (χ3v) is 2.90. The van der Waals surface area contributed by atoms with Crippen LogP contribution in [-0.4, -0.2) is 19.0 Å². The predicted molar refractivity (Wildman–Crippen MR) is 54.5 cm³/mol. The van der Waals surface area contributed by atoms with Gasteiger partial charge < -0.3 is 10.1 Å². The van der Waals surface area contributed by atoms with E-state index in [4.69, 9.17) is 4.74 Å². The van der Waals surface area contributed by atoms with Gasteiger partial charge in [0.1, 0.15) is 5.70 Å². The Hall–Kier alpha value is -0.840. The summed E-state index contributed by atoms with van der Waals surface area (Å²) in [4.78, 5) is 21.7. The first-order chi connectivity index (χ1) is 6.70. The van der Waals surface area contributed by atoms with Crippen LogP contribution in [0.25, 0.3) is 0 Å². The summed E-state index contributed by atoms with van der Waals surface area (Å²) < 4.78 is 5.55. The van der Waals surface area contributed by atoms with Crippen molar-refractivity contribution < 1.29 is 14.3 Å². The van der Waals surface area contributed by atoms with E-state index in [9.17, 15) is 9.59 Å². The summed E-state index contributed by atoms with van der Waals surface area (Å²) in [5.74, 6) is -0.125. The van der Waals surface area contributed by atoms with Crippen molar-refractivity contribution in [1.29, 1.82) is 0 Å². The maximum absolute atomic E-state index is 11.4. The monoisotopic (exact) mass is 261 g/mol. The minimum atomic E-state index is -0.488. The zero-order chi connectivity index (χ0) is 10.6.